The number of fused-ring (bicyclic) bond motifs is 1. The third-order valence-corrected chi connectivity index (χ3v) is 5.99. The van der Waals surface area contributed by atoms with Gasteiger partial charge in [0.1, 0.15) is 11.9 Å². The second kappa shape index (κ2) is 9.93. The van der Waals surface area contributed by atoms with E-state index in [0.717, 1.165) is 22.2 Å². The Hall–Kier alpha value is -4.01. The van der Waals surface area contributed by atoms with Gasteiger partial charge in [0.25, 0.3) is 5.91 Å². The van der Waals surface area contributed by atoms with Crippen LogP contribution in [-0.2, 0) is 11.8 Å². The quantitative estimate of drug-likeness (QED) is 0.387. The molecule has 4 rings (SSSR count). The summed E-state index contributed by atoms with van der Waals surface area (Å²) in [5.74, 6) is -4.56. The second-order valence-electron chi connectivity index (χ2n) is 9.19. The molecule has 0 saturated carbocycles. The molecule has 0 aliphatic heterocycles. The smallest absolute Gasteiger partial charge is 0.321 e. The Morgan fingerprint density at radius 2 is 1.81 bits per heavy atom. The first-order valence-electron chi connectivity index (χ1n) is 11.6. The van der Waals surface area contributed by atoms with Gasteiger partial charge in [-0.2, -0.15) is 13.9 Å². The SMILES string of the molecule is CC(C)C(NC(=O)C(C)(F)F)[C@H](Oc1ccc2c(cnn2-c2ccc(=O)n(C)c2)c1)c1ccccc1. The molecule has 7 nitrogen and oxygen atoms in total. The number of rotatable bonds is 8. The van der Waals surface area contributed by atoms with Gasteiger partial charge in [0.2, 0.25) is 5.56 Å². The summed E-state index contributed by atoms with van der Waals surface area (Å²) in [5.41, 5.74) is 2.16. The third kappa shape index (κ3) is 5.30. The average Bonchev–Trinajstić information content (AvgIpc) is 3.26. The lowest BCUT2D eigenvalue weighted by Crippen LogP contribution is -2.49. The number of carbonyl (C=O) groups excluding carboxylic acids is 1. The number of benzene rings is 2. The van der Waals surface area contributed by atoms with Gasteiger partial charge in [0, 0.05) is 31.6 Å². The molecule has 1 amide bonds. The molecule has 0 radical (unpaired) electrons. The molecule has 1 N–H and O–H groups in total. The predicted octanol–water partition coefficient (Wildman–Crippen LogP) is 4.64. The number of carbonyl (C=O) groups is 1. The van der Waals surface area contributed by atoms with E-state index < -0.39 is 24.0 Å². The molecule has 0 spiro atoms. The van der Waals surface area contributed by atoms with Crippen molar-refractivity contribution < 1.29 is 18.3 Å². The number of hydrogen-bond acceptors (Lipinski definition) is 4. The second-order valence-corrected chi connectivity index (χ2v) is 9.19. The van der Waals surface area contributed by atoms with Gasteiger partial charge in [-0.05, 0) is 35.7 Å². The van der Waals surface area contributed by atoms with Crippen LogP contribution in [-0.4, -0.2) is 32.2 Å². The summed E-state index contributed by atoms with van der Waals surface area (Å²) in [6, 6.07) is 17.1. The van der Waals surface area contributed by atoms with Gasteiger partial charge in [-0.3, -0.25) is 9.59 Å². The van der Waals surface area contributed by atoms with Crippen molar-refractivity contribution in [1.29, 1.82) is 0 Å². The lowest BCUT2D eigenvalue weighted by atomic mass is 9.92. The van der Waals surface area contributed by atoms with Gasteiger partial charge in [-0.15, -0.1) is 0 Å². The number of aromatic nitrogens is 3. The maximum absolute atomic E-state index is 13.7. The minimum absolute atomic E-state index is 0.120. The molecular weight excluding hydrogens is 466 g/mol. The summed E-state index contributed by atoms with van der Waals surface area (Å²) in [5, 5.41) is 7.73. The molecule has 1 unspecified atom stereocenters. The number of aryl methyl sites for hydroxylation is 1. The molecule has 0 bridgehead atoms. The zero-order chi connectivity index (χ0) is 26.0. The topological polar surface area (TPSA) is 78.2 Å². The predicted molar refractivity (Wildman–Crippen MR) is 134 cm³/mol. The fourth-order valence-electron chi connectivity index (χ4n) is 4.00. The monoisotopic (exact) mass is 494 g/mol. The number of halogens is 2. The number of alkyl halides is 2. The molecule has 4 aromatic rings. The maximum atomic E-state index is 13.7. The number of pyridine rings is 1. The van der Waals surface area contributed by atoms with Crippen LogP contribution in [0.15, 0.2) is 77.9 Å². The number of nitrogens with zero attached hydrogens (tertiary/aromatic N) is 3. The average molecular weight is 495 g/mol. The van der Waals surface area contributed by atoms with Crippen LogP contribution in [0.25, 0.3) is 16.6 Å². The van der Waals surface area contributed by atoms with Crippen LogP contribution in [0.4, 0.5) is 8.78 Å². The summed E-state index contributed by atoms with van der Waals surface area (Å²) < 4.78 is 37.0. The molecule has 2 aromatic heterocycles. The van der Waals surface area contributed by atoms with E-state index in [9.17, 15) is 18.4 Å². The summed E-state index contributed by atoms with van der Waals surface area (Å²) in [6.45, 7) is 4.27. The van der Waals surface area contributed by atoms with Crippen molar-refractivity contribution in [1.82, 2.24) is 19.7 Å². The fraction of sp³-hybridized carbons (Fsp3) is 0.296. The minimum atomic E-state index is -3.51. The van der Waals surface area contributed by atoms with Crippen molar-refractivity contribution in [3.8, 4) is 11.4 Å². The first-order valence-corrected chi connectivity index (χ1v) is 11.6. The molecule has 0 aliphatic rings. The van der Waals surface area contributed by atoms with Gasteiger partial charge < -0.3 is 14.6 Å². The Bertz CT molecular complexity index is 1420. The summed E-state index contributed by atoms with van der Waals surface area (Å²) in [4.78, 5) is 23.9. The van der Waals surface area contributed by atoms with Crippen LogP contribution in [0, 0.1) is 5.92 Å². The molecular formula is C27H28F2N4O3. The number of amides is 1. The number of nitrogens with one attached hydrogen (secondary N) is 1. The lowest BCUT2D eigenvalue weighted by Gasteiger charge is -2.32. The van der Waals surface area contributed by atoms with Crippen LogP contribution in [0.1, 0.15) is 32.4 Å². The fourth-order valence-corrected chi connectivity index (χ4v) is 4.00. The van der Waals surface area contributed by atoms with Crippen molar-refractivity contribution >= 4 is 16.8 Å². The van der Waals surface area contributed by atoms with E-state index in [1.165, 1.54) is 10.6 Å². The largest absolute Gasteiger partial charge is 0.484 e. The van der Waals surface area contributed by atoms with Gasteiger partial charge in [-0.25, -0.2) is 4.68 Å². The van der Waals surface area contributed by atoms with Crippen LogP contribution < -0.4 is 15.6 Å². The van der Waals surface area contributed by atoms with Gasteiger partial charge in [-0.1, -0.05) is 44.2 Å². The summed E-state index contributed by atoms with van der Waals surface area (Å²) >= 11 is 0. The highest BCUT2D eigenvalue weighted by molar-refractivity contribution is 5.83. The van der Waals surface area contributed by atoms with Crippen molar-refractivity contribution in [3.63, 3.8) is 0 Å². The Labute approximate surface area is 207 Å². The van der Waals surface area contributed by atoms with Crippen molar-refractivity contribution in [2.45, 2.75) is 38.8 Å². The van der Waals surface area contributed by atoms with Crippen molar-refractivity contribution in [2.24, 2.45) is 13.0 Å². The zero-order valence-corrected chi connectivity index (χ0v) is 20.5. The Morgan fingerprint density at radius 3 is 2.44 bits per heavy atom. The molecule has 188 valence electrons. The lowest BCUT2D eigenvalue weighted by molar-refractivity contribution is -0.145. The van der Waals surface area contributed by atoms with E-state index >= 15 is 0 Å². The number of ether oxygens (including phenoxy) is 1. The van der Waals surface area contributed by atoms with E-state index in [-0.39, 0.29) is 11.5 Å². The van der Waals surface area contributed by atoms with Crippen LogP contribution in [0.5, 0.6) is 5.75 Å². The van der Waals surface area contributed by atoms with Crippen molar-refractivity contribution in [2.75, 3.05) is 0 Å². The molecule has 9 heteroatoms. The summed E-state index contributed by atoms with van der Waals surface area (Å²) in [7, 11) is 1.67. The highest BCUT2D eigenvalue weighted by Crippen LogP contribution is 2.31. The van der Waals surface area contributed by atoms with E-state index in [0.29, 0.717) is 12.7 Å². The normalized spacial score (nSPS) is 13.5. The highest BCUT2D eigenvalue weighted by atomic mass is 19.3. The van der Waals surface area contributed by atoms with E-state index in [2.05, 4.69) is 10.4 Å². The van der Waals surface area contributed by atoms with E-state index in [4.69, 9.17) is 4.74 Å². The van der Waals surface area contributed by atoms with Crippen LogP contribution in [0.2, 0.25) is 0 Å². The maximum Gasteiger partial charge on any atom is 0.321 e. The van der Waals surface area contributed by atoms with E-state index in [1.54, 1.807) is 36.3 Å². The molecule has 36 heavy (non-hydrogen) atoms. The minimum Gasteiger partial charge on any atom is -0.484 e. The molecule has 0 aliphatic carbocycles. The molecule has 0 saturated heterocycles. The van der Waals surface area contributed by atoms with Crippen LogP contribution in [0.3, 0.4) is 0 Å². The van der Waals surface area contributed by atoms with Crippen molar-refractivity contribution in [3.05, 3.63) is 89.0 Å². The molecule has 2 aromatic carbocycles. The third-order valence-electron chi connectivity index (χ3n) is 5.99. The standard InChI is InChI=1S/C27H28F2N4O3/c1-17(2)24(31-26(35)27(3,28)29)25(18-8-6-5-7-9-18)36-21-11-12-22-19(14-21)15-30-33(22)20-10-13-23(34)32(4)16-20/h5-17,24-25H,1-4H3,(H,31,35)/t24?,25-/m1/s1. The first kappa shape index (κ1) is 25.1. The van der Waals surface area contributed by atoms with Crippen LogP contribution >= 0.6 is 0 Å². The molecule has 0 fully saturated rings. The number of hydrogen-bond donors (Lipinski definition) is 1. The molecule has 2 heterocycles. The summed E-state index contributed by atoms with van der Waals surface area (Å²) in [6.07, 6.45) is 2.67. The molecule has 2 atom stereocenters. The Balaban J connectivity index is 1.69. The van der Waals surface area contributed by atoms with Gasteiger partial charge >= 0.3 is 5.92 Å². The Morgan fingerprint density at radius 1 is 1.08 bits per heavy atom. The zero-order valence-electron chi connectivity index (χ0n) is 20.5. The van der Waals surface area contributed by atoms with Gasteiger partial charge in [0.05, 0.1) is 23.4 Å². The first-order chi connectivity index (χ1) is 17.0. The van der Waals surface area contributed by atoms with Gasteiger partial charge in [0.15, 0.2) is 0 Å². The van der Waals surface area contributed by atoms with E-state index in [1.807, 2.05) is 56.3 Å². The highest BCUT2D eigenvalue weighted by Gasteiger charge is 2.37. The Kier molecular flexibility index (Phi) is 6.92.